The number of rotatable bonds is 4. The zero-order chi connectivity index (χ0) is 20.6. The van der Waals surface area contributed by atoms with E-state index in [0.717, 1.165) is 45.0 Å². The molecule has 2 amide bonds. The minimum absolute atomic E-state index is 0.276. The summed E-state index contributed by atoms with van der Waals surface area (Å²) in [6, 6.07) is 4.89. The number of esters is 1. The van der Waals surface area contributed by atoms with Gasteiger partial charge in [0, 0.05) is 17.6 Å². The number of hydrogen-bond donors (Lipinski definition) is 0. The molecule has 1 atom stereocenters. The van der Waals surface area contributed by atoms with Crippen molar-refractivity contribution in [2.24, 2.45) is 0 Å². The van der Waals surface area contributed by atoms with Crippen molar-refractivity contribution in [2.75, 3.05) is 7.11 Å². The normalized spacial score (nSPS) is 16.8. The summed E-state index contributed by atoms with van der Waals surface area (Å²) in [4.78, 5) is 42.3. The topological polar surface area (TPSA) is 81.5 Å². The zero-order valence-electron chi connectivity index (χ0n) is 16.3. The minimum atomic E-state index is -0.965. The van der Waals surface area contributed by atoms with E-state index >= 15 is 0 Å². The van der Waals surface area contributed by atoms with E-state index in [1.54, 1.807) is 12.3 Å². The Morgan fingerprint density at radius 1 is 1.25 bits per heavy atom. The summed E-state index contributed by atoms with van der Waals surface area (Å²) < 4.78 is 6.65. The van der Waals surface area contributed by atoms with Crippen LogP contribution in [0.2, 0.25) is 0 Å². The van der Waals surface area contributed by atoms with E-state index in [9.17, 15) is 14.4 Å². The smallest absolute Gasteiger partial charge is 0.328 e. The van der Waals surface area contributed by atoms with Crippen LogP contribution >= 0.6 is 11.8 Å². The van der Waals surface area contributed by atoms with Gasteiger partial charge < -0.3 is 9.30 Å². The van der Waals surface area contributed by atoms with Gasteiger partial charge in [-0.15, -0.1) is 0 Å². The lowest BCUT2D eigenvalue weighted by molar-refractivity contribution is -0.148. The second-order valence-corrected chi connectivity index (χ2v) is 7.60. The standard InChI is InChI=1S/C20H21N3O4S/c1-11-6-7-21-17(8-11)22-12(2)9-15(13(22)3)10-16-18(24)23(20(26)28-16)14(4)19(25)27-5/h6-10,14H,1-5H3/b16-10+/t14-/m0/s1. The molecule has 28 heavy (non-hydrogen) atoms. The number of pyridine rings is 1. The number of nitrogens with zero attached hydrogens (tertiary/aromatic N) is 3. The fourth-order valence-corrected chi connectivity index (χ4v) is 4.06. The number of thioether (sulfide) groups is 1. The molecule has 3 rings (SSSR count). The molecule has 2 aromatic heterocycles. The summed E-state index contributed by atoms with van der Waals surface area (Å²) in [6.07, 6.45) is 3.44. The van der Waals surface area contributed by atoms with Gasteiger partial charge in [-0.1, -0.05) is 0 Å². The fourth-order valence-electron chi connectivity index (χ4n) is 3.16. The first-order valence-electron chi connectivity index (χ1n) is 8.71. The Kier molecular flexibility index (Phi) is 5.42. The van der Waals surface area contributed by atoms with Crippen LogP contribution in [0, 0.1) is 20.8 Å². The summed E-state index contributed by atoms with van der Waals surface area (Å²) in [7, 11) is 1.22. The van der Waals surface area contributed by atoms with E-state index in [0.29, 0.717) is 0 Å². The van der Waals surface area contributed by atoms with Gasteiger partial charge in [0.25, 0.3) is 11.1 Å². The Morgan fingerprint density at radius 2 is 1.96 bits per heavy atom. The highest BCUT2D eigenvalue weighted by atomic mass is 32.2. The monoisotopic (exact) mass is 399 g/mol. The van der Waals surface area contributed by atoms with Gasteiger partial charge in [-0.2, -0.15) is 0 Å². The van der Waals surface area contributed by atoms with Crippen molar-refractivity contribution in [1.29, 1.82) is 0 Å². The largest absolute Gasteiger partial charge is 0.467 e. The highest BCUT2D eigenvalue weighted by Crippen LogP contribution is 2.35. The number of aryl methyl sites for hydroxylation is 2. The Morgan fingerprint density at radius 3 is 2.61 bits per heavy atom. The molecule has 0 aromatic carbocycles. The Hall–Kier alpha value is -2.87. The molecule has 0 saturated carbocycles. The zero-order valence-corrected chi connectivity index (χ0v) is 17.2. The number of aromatic nitrogens is 2. The van der Waals surface area contributed by atoms with Gasteiger partial charge in [-0.25, -0.2) is 9.78 Å². The van der Waals surface area contributed by atoms with E-state index in [1.807, 2.05) is 43.5 Å². The Bertz CT molecular complexity index is 1010. The van der Waals surface area contributed by atoms with Crippen molar-refractivity contribution < 1.29 is 19.1 Å². The molecule has 1 fully saturated rings. The second kappa shape index (κ2) is 7.63. The van der Waals surface area contributed by atoms with Gasteiger partial charge in [0.2, 0.25) is 0 Å². The number of amides is 2. The third-order valence-corrected chi connectivity index (χ3v) is 5.52. The summed E-state index contributed by atoms with van der Waals surface area (Å²) in [6.45, 7) is 7.36. The molecular formula is C20H21N3O4S. The molecular weight excluding hydrogens is 378 g/mol. The molecule has 0 bridgehead atoms. The summed E-state index contributed by atoms with van der Waals surface area (Å²) >= 11 is 0.821. The average Bonchev–Trinajstić information content (AvgIpc) is 3.09. The molecule has 0 aliphatic carbocycles. The van der Waals surface area contributed by atoms with Crippen molar-refractivity contribution >= 4 is 35.0 Å². The van der Waals surface area contributed by atoms with Crippen molar-refractivity contribution in [1.82, 2.24) is 14.5 Å². The van der Waals surface area contributed by atoms with Gasteiger partial charge in [0.05, 0.1) is 12.0 Å². The van der Waals surface area contributed by atoms with Crippen LogP contribution in [-0.4, -0.2) is 44.7 Å². The molecule has 0 spiro atoms. The third-order valence-electron chi connectivity index (χ3n) is 4.64. The molecule has 146 valence electrons. The van der Waals surface area contributed by atoms with E-state index in [2.05, 4.69) is 9.72 Å². The lowest BCUT2D eigenvalue weighted by Crippen LogP contribution is -2.42. The average molecular weight is 399 g/mol. The quantitative estimate of drug-likeness (QED) is 0.579. The number of imide groups is 1. The molecule has 0 radical (unpaired) electrons. The number of ether oxygens (including phenoxy) is 1. The van der Waals surface area contributed by atoms with Crippen molar-refractivity contribution in [2.45, 2.75) is 33.7 Å². The molecule has 0 N–H and O–H groups in total. The molecule has 1 aliphatic rings. The molecule has 7 nitrogen and oxygen atoms in total. The number of methoxy groups -OCH3 is 1. The van der Waals surface area contributed by atoms with Crippen LogP contribution in [0.15, 0.2) is 29.3 Å². The summed E-state index contributed by atoms with van der Waals surface area (Å²) in [5.74, 6) is -0.333. The SMILES string of the molecule is COC(=O)[C@H](C)N1C(=O)S/C(=C/c2cc(C)n(-c3cc(C)ccn3)c2C)C1=O. The van der Waals surface area contributed by atoms with Gasteiger partial charge in [-0.05, 0) is 74.9 Å². The molecule has 1 aliphatic heterocycles. The van der Waals surface area contributed by atoms with Gasteiger partial charge in [0.15, 0.2) is 0 Å². The second-order valence-electron chi connectivity index (χ2n) is 6.60. The maximum atomic E-state index is 12.7. The molecule has 3 heterocycles. The molecule has 8 heteroatoms. The first-order valence-corrected chi connectivity index (χ1v) is 9.53. The molecule has 1 saturated heterocycles. The minimum Gasteiger partial charge on any atom is -0.467 e. The van der Waals surface area contributed by atoms with Crippen LogP contribution in [0.4, 0.5) is 4.79 Å². The fraction of sp³-hybridized carbons (Fsp3) is 0.300. The van der Waals surface area contributed by atoms with E-state index < -0.39 is 23.2 Å². The van der Waals surface area contributed by atoms with Crippen LogP contribution in [0.25, 0.3) is 11.9 Å². The van der Waals surface area contributed by atoms with Crippen molar-refractivity contribution in [3.8, 4) is 5.82 Å². The van der Waals surface area contributed by atoms with E-state index in [4.69, 9.17) is 0 Å². The number of carbonyl (C=O) groups is 3. The van der Waals surface area contributed by atoms with Crippen LogP contribution in [0.1, 0.15) is 29.4 Å². The van der Waals surface area contributed by atoms with Crippen LogP contribution < -0.4 is 0 Å². The lowest BCUT2D eigenvalue weighted by atomic mass is 10.2. The van der Waals surface area contributed by atoms with Gasteiger partial charge in [0.1, 0.15) is 11.9 Å². The third kappa shape index (κ3) is 3.47. The molecule has 2 aromatic rings. The molecule has 0 unspecified atom stereocenters. The predicted octanol–water partition coefficient (Wildman–Crippen LogP) is 3.40. The maximum Gasteiger partial charge on any atom is 0.328 e. The number of carbonyl (C=O) groups excluding carboxylic acids is 3. The first-order chi connectivity index (χ1) is 13.2. The van der Waals surface area contributed by atoms with E-state index in [-0.39, 0.29) is 4.91 Å². The van der Waals surface area contributed by atoms with Crippen molar-refractivity contribution in [3.63, 3.8) is 0 Å². The lowest BCUT2D eigenvalue weighted by Gasteiger charge is -2.18. The maximum absolute atomic E-state index is 12.7. The first kappa shape index (κ1) is 19.9. The van der Waals surface area contributed by atoms with Crippen molar-refractivity contribution in [3.05, 3.63) is 51.8 Å². The van der Waals surface area contributed by atoms with Crippen LogP contribution in [-0.2, 0) is 14.3 Å². The van der Waals surface area contributed by atoms with Gasteiger partial charge >= 0.3 is 5.97 Å². The number of hydrogen-bond acceptors (Lipinski definition) is 6. The van der Waals surface area contributed by atoms with Crippen LogP contribution in [0.5, 0.6) is 0 Å². The van der Waals surface area contributed by atoms with E-state index in [1.165, 1.54) is 14.0 Å². The summed E-state index contributed by atoms with van der Waals surface area (Å²) in [5.41, 5.74) is 3.78. The summed E-state index contributed by atoms with van der Waals surface area (Å²) in [5, 5.41) is -0.483. The Labute approximate surface area is 167 Å². The van der Waals surface area contributed by atoms with Crippen LogP contribution in [0.3, 0.4) is 0 Å². The highest BCUT2D eigenvalue weighted by Gasteiger charge is 2.41. The predicted molar refractivity (Wildman–Crippen MR) is 107 cm³/mol. The highest BCUT2D eigenvalue weighted by molar-refractivity contribution is 8.18. The van der Waals surface area contributed by atoms with Gasteiger partial charge in [-0.3, -0.25) is 14.5 Å². The Balaban J connectivity index is 1.97.